The highest BCUT2D eigenvalue weighted by Gasteiger charge is 2.26. The number of nitrogens with one attached hydrogen (secondary N) is 1. The van der Waals surface area contributed by atoms with Crippen LogP contribution < -0.4 is 5.43 Å². The molecule has 0 spiro atoms. The fraction of sp³-hybridized carbons (Fsp3) is 0.312. The predicted molar refractivity (Wildman–Crippen MR) is 82.1 cm³/mol. The van der Waals surface area contributed by atoms with Gasteiger partial charge < -0.3 is 14.8 Å². The Kier molecular flexibility index (Phi) is 3.66. The van der Waals surface area contributed by atoms with Crippen LogP contribution in [-0.2, 0) is 22.7 Å². The van der Waals surface area contributed by atoms with Crippen molar-refractivity contribution in [1.29, 1.82) is 0 Å². The summed E-state index contributed by atoms with van der Waals surface area (Å²) in [6, 6.07) is 7.35. The molecule has 1 N–H and O–H groups in total. The Morgan fingerprint density at radius 2 is 2.14 bits per heavy atom. The van der Waals surface area contributed by atoms with Crippen molar-refractivity contribution < 1.29 is 9.59 Å². The SMILES string of the molecule is CN(C=O)CCC(=O)N1Cc2[nH]c3ccccc3c(=O)c2C1. The summed E-state index contributed by atoms with van der Waals surface area (Å²) in [6.45, 7) is 1.13. The molecule has 6 heteroatoms. The quantitative estimate of drug-likeness (QED) is 0.851. The van der Waals surface area contributed by atoms with Crippen molar-refractivity contribution in [3.63, 3.8) is 0 Å². The topological polar surface area (TPSA) is 73.5 Å². The molecule has 1 aromatic carbocycles. The van der Waals surface area contributed by atoms with Crippen LogP contribution in [0.5, 0.6) is 0 Å². The first-order chi connectivity index (χ1) is 10.6. The van der Waals surface area contributed by atoms with E-state index in [1.807, 2.05) is 18.2 Å². The van der Waals surface area contributed by atoms with E-state index >= 15 is 0 Å². The summed E-state index contributed by atoms with van der Waals surface area (Å²) in [5.74, 6) is -0.0539. The fourth-order valence-electron chi connectivity index (χ4n) is 2.73. The summed E-state index contributed by atoms with van der Waals surface area (Å²) >= 11 is 0. The van der Waals surface area contributed by atoms with Gasteiger partial charge in [0, 0.05) is 42.2 Å². The summed E-state index contributed by atoms with van der Waals surface area (Å²) in [4.78, 5) is 41.6. The molecule has 0 atom stereocenters. The van der Waals surface area contributed by atoms with Crippen LogP contribution in [-0.4, -0.2) is 40.7 Å². The molecule has 22 heavy (non-hydrogen) atoms. The molecule has 0 saturated heterocycles. The van der Waals surface area contributed by atoms with Crippen LogP contribution in [0.15, 0.2) is 29.1 Å². The van der Waals surface area contributed by atoms with Crippen LogP contribution in [0, 0.1) is 0 Å². The maximum atomic E-state index is 12.5. The van der Waals surface area contributed by atoms with Gasteiger partial charge in [0.1, 0.15) is 0 Å². The lowest BCUT2D eigenvalue weighted by atomic mass is 10.1. The average molecular weight is 299 g/mol. The van der Waals surface area contributed by atoms with Crippen LogP contribution in [0.3, 0.4) is 0 Å². The summed E-state index contributed by atoms with van der Waals surface area (Å²) < 4.78 is 0. The predicted octanol–water partition coefficient (Wildman–Crippen LogP) is 0.849. The van der Waals surface area contributed by atoms with Gasteiger partial charge in [0.25, 0.3) is 0 Å². The zero-order valence-corrected chi connectivity index (χ0v) is 12.3. The number of carbonyl (C=O) groups is 2. The number of rotatable bonds is 4. The normalized spacial score (nSPS) is 13.2. The van der Waals surface area contributed by atoms with Crippen molar-refractivity contribution >= 4 is 23.2 Å². The van der Waals surface area contributed by atoms with Crippen molar-refractivity contribution in [2.24, 2.45) is 0 Å². The van der Waals surface area contributed by atoms with E-state index in [-0.39, 0.29) is 17.8 Å². The first-order valence-electron chi connectivity index (χ1n) is 7.16. The number of H-pyrrole nitrogens is 1. The number of amides is 2. The Balaban J connectivity index is 1.82. The summed E-state index contributed by atoms with van der Waals surface area (Å²) in [7, 11) is 1.63. The monoisotopic (exact) mass is 299 g/mol. The molecule has 2 amide bonds. The molecular weight excluding hydrogens is 282 g/mol. The number of aromatic amines is 1. The molecule has 6 nitrogen and oxygen atoms in total. The van der Waals surface area contributed by atoms with Gasteiger partial charge in [-0.3, -0.25) is 14.4 Å². The molecule has 0 radical (unpaired) electrons. The molecular formula is C16H17N3O3. The molecule has 3 rings (SSSR count). The van der Waals surface area contributed by atoms with Crippen molar-refractivity contribution in [3.8, 4) is 0 Å². The number of benzene rings is 1. The van der Waals surface area contributed by atoms with E-state index in [4.69, 9.17) is 0 Å². The fourth-order valence-corrected chi connectivity index (χ4v) is 2.73. The van der Waals surface area contributed by atoms with Crippen molar-refractivity contribution in [2.75, 3.05) is 13.6 Å². The number of nitrogens with zero attached hydrogens (tertiary/aromatic N) is 2. The van der Waals surface area contributed by atoms with E-state index in [1.54, 1.807) is 18.0 Å². The molecule has 0 bridgehead atoms. The van der Waals surface area contributed by atoms with Crippen LogP contribution >= 0.6 is 0 Å². The first kappa shape index (κ1) is 14.3. The standard InChI is InChI=1S/C16H17N3O3/c1-18(10-20)7-6-15(21)19-8-12-14(9-19)17-13-5-3-2-4-11(13)16(12)22/h2-5,10H,6-9H2,1H3,(H,17,22). The van der Waals surface area contributed by atoms with Crippen LogP contribution in [0.2, 0.25) is 0 Å². The number of carbonyl (C=O) groups excluding carboxylic acids is 2. The van der Waals surface area contributed by atoms with Crippen molar-refractivity contribution in [2.45, 2.75) is 19.5 Å². The number of pyridine rings is 1. The Morgan fingerprint density at radius 3 is 2.91 bits per heavy atom. The van der Waals surface area contributed by atoms with Crippen molar-refractivity contribution in [1.82, 2.24) is 14.8 Å². The number of hydrogen-bond donors (Lipinski definition) is 1. The van der Waals surface area contributed by atoms with Gasteiger partial charge in [-0.2, -0.15) is 0 Å². The van der Waals surface area contributed by atoms with Gasteiger partial charge in [0.05, 0.1) is 13.1 Å². The first-order valence-corrected chi connectivity index (χ1v) is 7.16. The Hall–Kier alpha value is -2.63. The Morgan fingerprint density at radius 1 is 1.36 bits per heavy atom. The van der Waals surface area contributed by atoms with E-state index in [0.29, 0.717) is 37.0 Å². The molecule has 0 unspecified atom stereocenters. The Labute approximate surface area is 127 Å². The van der Waals surface area contributed by atoms with Gasteiger partial charge in [-0.1, -0.05) is 12.1 Å². The molecule has 0 saturated carbocycles. The minimum Gasteiger partial charge on any atom is -0.356 e. The third kappa shape index (κ3) is 2.47. The van der Waals surface area contributed by atoms with Gasteiger partial charge in [0.15, 0.2) is 5.43 Å². The third-order valence-corrected chi connectivity index (χ3v) is 4.00. The minimum absolute atomic E-state index is 0.00957. The highest BCUT2D eigenvalue weighted by atomic mass is 16.2. The number of fused-ring (bicyclic) bond motifs is 2. The lowest BCUT2D eigenvalue weighted by Crippen LogP contribution is -2.29. The van der Waals surface area contributed by atoms with Gasteiger partial charge in [0.2, 0.25) is 12.3 Å². The zero-order chi connectivity index (χ0) is 15.7. The molecule has 2 heterocycles. The third-order valence-electron chi connectivity index (χ3n) is 4.00. The summed E-state index contributed by atoms with van der Waals surface area (Å²) in [6.07, 6.45) is 0.958. The molecule has 1 aromatic heterocycles. The highest BCUT2D eigenvalue weighted by molar-refractivity contribution is 5.81. The smallest absolute Gasteiger partial charge is 0.225 e. The van der Waals surface area contributed by atoms with Crippen LogP contribution in [0.1, 0.15) is 17.7 Å². The number of para-hydroxylation sites is 1. The van der Waals surface area contributed by atoms with Gasteiger partial charge in [-0.25, -0.2) is 0 Å². The Bertz CT molecular complexity index is 797. The van der Waals surface area contributed by atoms with E-state index < -0.39 is 0 Å². The minimum atomic E-state index is -0.0539. The molecule has 114 valence electrons. The van der Waals surface area contributed by atoms with E-state index in [1.165, 1.54) is 4.90 Å². The van der Waals surface area contributed by atoms with Crippen molar-refractivity contribution in [3.05, 3.63) is 45.7 Å². The second-order valence-electron chi connectivity index (χ2n) is 5.54. The average Bonchev–Trinajstić information content (AvgIpc) is 2.97. The molecule has 1 aliphatic heterocycles. The molecule has 0 aliphatic carbocycles. The van der Waals surface area contributed by atoms with E-state index in [9.17, 15) is 14.4 Å². The highest BCUT2D eigenvalue weighted by Crippen LogP contribution is 2.21. The lowest BCUT2D eigenvalue weighted by Gasteiger charge is -2.16. The maximum Gasteiger partial charge on any atom is 0.225 e. The van der Waals surface area contributed by atoms with E-state index in [0.717, 1.165) is 11.2 Å². The van der Waals surface area contributed by atoms with Gasteiger partial charge in [-0.15, -0.1) is 0 Å². The van der Waals surface area contributed by atoms with Crippen LogP contribution in [0.4, 0.5) is 0 Å². The largest absolute Gasteiger partial charge is 0.356 e. The summed E-state index contributed by atoms with van der Waals surface area (Å²) in [5, 5.41) is 0.649. The molecule has 0 fully saturated rings. The van der Waals surface area contributed by atoms with Gasteiger partial charge >= 0.3 is 0 Å². The second-order valence-corrected chi connectivity index (χ2v) is 5.54. The molecule has 1 aliphatic rings. The molecule has 2 aromatic rings. The summed E-state index contributed by atoms with van der Waals surface area (Å²) in [5.41, 5.74) is 2.25. The second kappa shape index (κ2) is 5.63. The van der Waals surface area contributed by atoms with Crippen LogP contribution in [0.25, 0.3) is 10.9 Å². The maximum absolute atomic E-state index is 12.5. The lowest BCUT2D eigenvalue weighted by molar-refractivity contribution is -0.132. The number of aromatic nitrogens is 1. The zero-order valence-electron chi connectivity index (χ0n) is 12.3. The van der Waals surface area contributed by atoms with Gasteiger partial charge in [-0.05, 0) is 12.1 Å². The number of hydrogen-bond acceptors (Lipinski definition) is 3. The van der Waals surface area contributed by atoms with E-state index in [2.05, 4.69) is 4.98 Å².